The molecule has 2 aromatic heterocycles. The van der Waals surface area contributed by atoms with Crippen molar-refractivity contribution in [2.24, 2.45) is 10.9 Å². The lowest BCUT2D eigenvalue weighted by Gasteiger charge is -2.19. The number of carboxylic acid groups (broad SMARTS) is 1. The fourth-order valence-electron chi connectivity index (χ4n) is 3.61. The molecule has 0 amide bonds. The molecule has 0 aliphatic carbocycles. The molecule has 0 spiro atoms. The first-order valence-corrected chi connectivity index (χ1v) is 9.80. The summed E-state index contributed by atoms with van der Waals surface area (Å²) >= 11 is 3.56. The van der Waals surface area contributed by atoms with Crippen molar-refractivity contribution in [1.29, 1.82) is 0 Å². The first kappa shape index (κ1) is 18.6. The molecular weight excluding hydrogens is 420 g/mol. The van der Waals surface area contributed by atoms with Crippen molar-refractivity contribution in [3.8, 4) is 5.69 Å². The van der Waals surface area contributed by atoms with Gasteiger partial charge >= 0.3 is 5.97 Å². The number of halogens is 1. The van der Waals surface area contributed by atoms with E-state index < -0.39 is 12.0 Å². The molecule has 0 saturated heterocycles. The minimum atomic E-state index is -0.846. The van der Waals surface area contributed by atoms with Crippen LogP contribution in [0, 0.1) is 12.8 Å². The Balaban J connectivity index is 2.01. The molecule has 1 aliphatic heterocycles. The minimum absolute atomic E-state index is 0.00954. The smallest absolute Gasteiger partial charge is 0.303 e. The molecule has 6 nitrogen and oxygen atoms in total. The van der Waals surface area contributed by atoms with E-state index in [0.717, 1.165) is 38.6 Å². The summed E-state index contributed by atoms with van der Waals surface area (Å²) in [6.45, 7) is 3.89. The van der Waals surface area contributed by atoms with E-state index in [4.69, 9.17) is 4.99 Å². The van der Waals surface area contributed by atoms with E-state index in [1.54, 1.807) is 6.20 Å². The predicted molar refractivity (Wildman–Crippen MR) is 110 cm³/mol. The second kappa shape index (κ2) is 7.31. The molecule has 1 aliphatic rings. The number of hydrogen-bond acceptors (Lipinski definition) is 4. The Kier molecular flexibility index (Phi) is 4.85. The van der Waals surface area contributed by atoms with Gasteiger partial charge in [0.2, 0.25) is 0 Å². The van der Waals surface area contributed by atoms with Crippen molar-refractivity contribution in [2.75, 3.05) is 0 Å². The number of nitrogens with zero attached hydrogens (tertiary/aromatic N) is 4. The summed E-state index contributed by atoms with van der Waals surface area (Å²) in [4.78, 5) is 25.5. The number of aryl methyl sites for hydroxylation is 1. The summed E-state index contributed by atoms with van der Waals surface area (Å²) in [7, 11) is 0. The molecule has 0 radical (unpaired) electrons. The van der Waals surface area contributed by atoms with Gasteiger partial charge in [0.1, 0.15) is 11.9 Å². The second-order valence-corrected chi connectivity index (χ2v) is 7.88. The van der Waals surface area contributed by atoms with Gasteiger partial charge in [-0.25, -0.2) is 4.98 Å². The van der Waals surface area contributed by atoms with E-state index in [9.17, 15) is 9.90 Å². The number of imidazole rings is 1. The van der Waals surface area contributed by atoms with E-state index >= 15 is 0 Å². The Bertz CT molecular complexity index is 1080. The summed E-state index contributed by atoms with van der Waals surface area (Å²) < 4.78 is 3.01. The highest BCUT2D eigenvalue weighted by molar-refractivity contribution is 9.10. The van der Waals surface area contributed by atoms with E-state index in [1.165, 1.54) is 0 Å². The lowest BCUT2D eigenvalue weighted by Crippen LogP contribution is -2.16. The molecular formula is C21H19BrN4O2. The molecule has 1 unspecified atom stereocenters. The highest BCUT2D eigenvalue weighted by Gasteiger charge is 2.31. The van der Waals surface area contributed by atoms with Gasteiger partial charge in [0.25, 0.3) is 0 Å². The fourth-order valence-corrected chi connectivity index (χ4v) is 3.97. The third kappa shape index (κ3) is 3.26. The molecule has 3 heterocycles. The SMILES string of the molecule is Cc1cnc2n1-c1ccc(Br)cc1C(c1ccccn1)=N[C@H]2C(C)CC(=O)O. The summed E-state index contributed by atoms with van der Waals surface area (Å²) in [5.41, 5.74) is 4.36. The topological polar surface area (TPSA) is 80.4 Å². The number of aliphatic imine (C=N–C) groups is 1. The van der Waals surface area contributed by atoms with Crippen LogP contribution < -0.4 is 0 Å². The number of fused-ring (bicyclic) bond motifs is 3. The summed E-state index contributed by atoms with van der Waals surface area (Å²) in [5.74, 6) is -0.323. The molecule has 142 valence electrons. The van der Waals surface area contributed by atoms with Crippen LogP contribution in [0.15, 0.2) is 58.3 Å². The van der Waals surface area contributed by atoms with E-state index in [0.29, 0.717) is 0 Å². The Morgan fingerprint density at radius 3 is 2.82 bits per heavy atom. The van der Waals surface area contributed by atoms with Crippen LogP contribution in [0.25, 0.3) is 5.69 Å². The molecule has 4 rings (SSSR count). The number of aromatic nitrogens is 3. The first-order valence-electron chi connectivity index (χ1n) is 9.01. The van der Waals surface area contributed by atoms with Gasteiger partial charge in [0.15, 0.2) is 0 Å². The van der Waals surface area contributed by atoms with Crippen LogP contribution in [0.4, 0.5) is 0 Å². The van der Waals surface area contributed by atoms with Gasteiger partial charge in [0, 0.05) is 28.1 Å². The normalized spacial score (nSPS) is 16.5. The lowest BCUT2D eigenvalue weighted by molar-refractivity contribution is -0.138. The number of benzene rings is 1. The zero-order chi connectivity index (χ0) is 19.8. The zero-order valence-corrected chi connectivity index (χ0v) is 17.1. The maximum atomic E-state index is 11.4. The van der Waals surface area contributed by atoms with Gasteiger partial charge < -0.3 is 5.11 Å². The van der Waals surface area contributed by atoms with Gasteiger partial charge in [-0.15, -0.1) is 0 Å². The number of aliphatic carboxylic acids is 1. The van der Waals surface area contributed by atoms with Crippen molar-refractivity contribution in [3.63, 3.8) is 0 Å². The molecule has 1 aromatic carbocycles. The zero-order valence-electron chi connectivity index (χ0n) is 15.5. The van der Waals surface area contributed by atoms with Crippen molar-refractivity contribution < 1.29 is 9.90 Å². The first-order chi connectivity index (χ1) is 13.5. The molecule has 3 aromatic rings. The van der Waals surface area contributed by atoms with Crippen LogP contribution >= 0.6 is 15.9 Å². The minimum Gasteiger partial charge on any atom is -0.481 e. The van der Waals surface area contributed by atoms with Crippen molar-refractivity contribution in [3.05, 3.63) is 76.0 Å². The third-order valence-electron chi connectivity index (χ3n) is 4.90. The monoisotopic (exact) mass is 438 g/mol. The Hall–Kier alpha value is -2.80. The van der Waals surface area contributed by atoms with Crippen LogP contribution in [-0.4, -0.2) is 31.3 Å². The quantitative estimate of drug-likeness (QED) is 0.656. The maximum Gasteiger partial charge on any atom is 0.303 e. The molecule has 28 heavy (non-hydrogen) atoms. The second-order valence-electron chi connectivity index (χ2n) is 6.97. The average Bonchev–Trinajstić information content (AvgIpc) is 2.96. The van der Waals surface area contributed by atoms with Gasteiger partial charge in [0.05, 0.1) is 23.5 Å². The number of carbonyl (C=O) groups is 1. The maximum absolute atomic E-state index is 11.4. The number of carboxylic acids is 1. The van der Waals surface area contributed by atoms with Crippen molar-refractivity contribution in [1.82, 2.24) is 14.5 Å². The average molecular weight is 439 g/mol. The summed E-state index contributed by atoms with van der Waals surface area (Å²) in [6.07, 6.45) is 3.55. The van der Waals surface area contributed by atoms with Crippen LogP contribution in [0.2, 0.25) is 0 Å². The van der Waals surface area contributed by atoms with Gasteiger partial charge in [-0.1, -0.05) is 28.9 Å². The van der Waals surface area contributed by atoms with Gasteiger partial charge in [-0.05, 0) is 43.2 Å². The number of rotatable bonds is 4. The van der Waals surface area contributed by atoms with Gasteiger partial charge in [-0.3, -0.25) is 19.3 Å². The molecule has 0 fully saturated rings. The third-order valence-corrected chi connectivity index (χ3v) is 5.39. The summed E-state index contributed by atoms with van der Waals surface area (Å²) in [6, 6.07) is 11.3. The van der Waals surface area contributed by atoms with E-state index in [2.05, 4.69) is 30.5 Å². The predicted octanol–water partition coefficient (Wildman–Crippen LogP) is 4.34. The molecule has 2 atom stereocenters. The molecule has 7 heteroatoms. The Labute approximate surface area is 171 Å². The van der Waals surface area contributed by atoms with Crippen molar-refractivity contribution >= 4 is 27.6 Å². The van der Waals surface area contributed by atoms with Crippen LogP contribution in [0.1, 0.15) is 42.2 Å². The van der Waals surface area contributed by atoms with E-state index in [-0.39, 0.29) is 12.3 Å². The highest BCUT2D eigenvalue weighted by Crippen LogP contribution is 2.36. The van der Waals surface area contributed by atoms with Crippen molar-refractivity contribution in [2.45, 2.75) is 26.3 Å². The molecule has 0 bridgehead atoms. The highest BCUT2D eigenvalue weighted by atomic mass is 79.9. The molecule has 0 saturated carbocycles. The standard InChI is InChI=1S/C21H19BrN4O2/c1-12(9-18(27)28)19-21-24-11-13(2)26(21)17-7-6-14(22)10-15(17)20(25-19)16-5-3-4-8-23-16/h3-8,10-12,19H,9H2,1-2H3,(H,27,28)/t12?,19-/m0/s1. The number of hydrogen-bond donors (Lipinski definition) is 1. The number of pyridine rings is 1. The fraction of sp³-hybridized carbons (Fsp3) is 0.238. The van der Waals surface area contributed by atoms with E-state index in [1.807, 2.05) is 56.4 Å². The largest absolute Gasteiger partial charge is 0.481 e. The lowest BCUT2D eigenvalue weighted by atomic mass is 9.97. The van der Waals surface area contributed by atoms with Crippen LogP contribution in [-0.2, 0) is 4.79 Å². The van der Waals surface area contributed by atoms with Crippen LogP contribution in [0.3, 0.4) is 0 Å². The molecule has 1 N–H and O–H groups in total. The summed E-state index contributed by atoms with van der Waals surface area (Å²) in [5, 5.41) is 9.34. The van der Waals surface area contributed by atoms with Gasteiger partial charge in [-0.2, -0.15) is 0 Å². The Morgan fingerprint density at radius 2 is 2.11 bits per heavy atom. The Morgan fingerprint density at radius 1 is 1.29 bits per heavy atom. The van der Waals surface area contributed by atoms with Crippen LogP contribution in [0.5, 0.6) is 0 Å².